The topological polar surface area (TPSA) is 96.2 Å². The van der Waals surface area contributed by atoms with Crippen molar-refractivity contribution in [1.82, 2.24) is 9.88 Å². The van der Waals surface area contributed by atoms with Gasteiger partial charge in [-0.2, -0.15) is 0 Å². The number of ether oxygens (including phenoxy) is 1. The Morgan fingerprint density at radius 1 is 1.44 bits per heavy atom. The highest BCUT2D eigenvalue weighted by molar-refractivity contribution is 5.90. The molecule has 1 fully saturated rings. The van der Waals surface area contributed by atoms with E-state index in [1.165, 1.54) is 27.8 Å². The van der Waals surface area contributed by atoms with Crippen LogP contribution in [-0.2, 0) is 9.53 Å². The monoisotopic (exact) mass is 346 g/mol. The van der Waals surface area contributed by atoms with Gasteiger partial charge < -0.3 is 19.8 Å². The van der Waals surface area contributed by atoms with Gasteiger partial charge in [0.1, 0.15) is 11.9 Å². The number of anilines is 1. The van der Waals surface area contributed by atoms with E-state index in [1.54, 1.807) is 24.5 Å². The maximum atomic E-state index is 14.5. The van der Waals surface area contributed by atoms with Gasteiger partial charge in [0.25, 0.3) is 0 Å². The summed E-state index contributed by atoms with van der Waals surface area (Å²) in [5.41, 5.74) is 1.26. The fourth-order valence-corrected chi connectivity index (χ4v) is 2.60. The number of rotatable bonds is 6. The van der Waals surface area contributed by atoms with Crippen molar-refractivity contribution in [1.29, 1.82) is 0 Å². The summed E-state index contributed by atoms with van der Waals surface area (Å²) in [6.45, 7) is 0.421. The van der Waals surface area contributed by atoms with Crippen LogP contribution >= 0.6 is 0 Å². The number of nitrogens with zero attached hydrogens (tertiary/aromatic N) is 3. The first-order valence-electron chi connectivity index (χ1n) is 7.43. The molecule has 2 aromatic rings. The molecule has 0 bridgehead atoms. The Hall–Kier alpha value is -3.36. The number of aromatic nitrogens is 1. The predicted octanol–water partition coefficient (Wildman–Crippen LogP) is 1.50. The molecule has 0 unspecified atom stereocenters. The molecule has 0 saturated carbocycles. The van der Waals surface area contributed by atoms with E-state index in [0.29, 0.717) is 17.7 Å². The second-order valence-electron chi connectivity index (χ2n) is 5.37. The van der Waals surface area contributed by atoms with E-state index in [2.05, 4.69) is 10.5 Å². The Morgan fingerprint density at radius 2 is 2.28 bits per heavy atom. The minimum absolute atomic E-state index is 0.199. The summed E-state index contributed by atoms with van der Waals surface area (Å²) in [6.07, 6.45) is 3.91. The molecule has 25 heavy (non-hydrogen) atoms. The first-order chi connectivity index (χ1) is 12.1. The van der Waals surface area contributed by atoms with Crippen LogP contribution in [0, 0.1) is 5.82 Å². The minimum Gasteiger partial charge on any atom is -0.442 e. The molecule has 1 atom stereocenters. The van der Waals surface area contributed by atoms with E-state index in [-0.39, 0.29) is 18.8 Å². The third-order valence-corrected chi connectivity index (χ3v) is 3.75. The van der Waals surface area contributed by atoms with Crippen LogP contribution in [0.4, 0.5) is 14.9 Å². The van der Waals surface area contributed by atoms with E-state index < -0.39 is 18.0 Å². The van der Waals surface area contributed by atoms with Crippen LogP contribution in [0.1, 0.15) is 5.56 Å². The van der Waals surface area contributed by atoms with E-state index in [0.717, 1.165) is 0 Å². The molecule has 130 valence electrons. The highest BCUT2D eigenvalue weighted by atomic mass is 19.1. The number of cyclic esters (lactones) is 1. The summed E-state index contributed by atoms with van der Waals surface area (Å²) in [5.74, 6) is -0.525. The quantitative estimate of drug-likeness (QED) is 0.358. The molecule has 1 aromatic heterocycles. The summed E-state index contributed by atoms with van der Waals surface area (Å²) in [6, 6.07) is 6.05. The van der Waals surface area contributed by atoms with Crippen molar-refractivity contribution < 1.29 is 23.9 Å². The lowest BCUT2D eigenvalue weighted by Crippen LogP contribution is -2.30. The Bertz CT molecular complexity index is 820. The predicted molar refractivity (Wildman–Crippen MR) is 86.8 cm³/mol. The molecule has 1 aliphatic heterocycles. The molecule has 2 N–H and O–H groups in total. The molecule has 2 heterocycles. The van der Waals surface area contributed by atoms with Crippen LogP contribution in [-0.4, -0.2) is 47.7 Å². The number of oxime groups is 1. The molecule has 2 amide bonds. The van der Waals surface area contributed by atoms with Crippen molar-refractivity contribution in [2.24, 2.45) is 5.16 Å². The van der Waals surface area contributed by atoms with Crippen LogP contribution < -0.4 is 10.2 Å². The standard InChI is InChI=1S/C16H15FN4O4/c17-14-5-12(21-9-13(7-18-10-22)25-16(21)23)1-2-15(14)20-4-3-11(8-20)6-19-24/h1-6,8,10,13,24H,7,9H2,(H,18,22)/b19-6-/t13-/m0/s1. The Balaban J connectivity index is 1.79. The van der Waals surface area contributed by atoms with Gasteiger partial charge in [0.15, 0.2) is 0 Å². The summed E-state index contributed by atoms with van der Waals surface area (Å²) >= 11 is 0. The van der Waals surface area contributed by atoms with Gasteiger partial charge in [0, 0.05) is 18.0 Å². The SMILES string of the molecule is O=CNC[C@H]1CN(c2ccc(-n3ccc(/C=N\O)c3)c(F)c2)C(=O)O1. The zero-order valence-electron chi connectivity index (χ0n) is 13.0. The van der Waals surface area contributed by atoms with Crippen molar-refractivity contribution in [3.8, 4) is 5.69 Å². The van der Waals surface area contributed by atoms with Gasteiger partial charge in [-0.25, -0.2) is 9.18 Å². The van der Waals surface area contributed by atoms with Gasteiger partial charge in [-0.1, -0.05) is 5.16 Å². The average Bonchev–Trinajstić information content (AvgIpc) is 3.20. The van der Waals surface area contributed by atoms with Crippen molar-refractivity contribution >= 4 is 24.4 Å². The minimum atomic E-state index is -0.591. The maximum absolute atomic E-state index is 14.5. The van der Waals surface area contributed by atoms with Gasteiger partial charge in [0.2, 0.25) is 6.41 Å². The Labute approximate surface area is 142 Å². The van der Waals surface area contributed by atoms with E-state index in [1.807, 2.05) is 0 Å². The maximum Gasteiger partial charge on any atom is 0.414 e. The second-order valence-corrected chi connectivity index (χ2v) is 5.37. The smallest absolute Gasteiger partial charge is 0.414 e. The van der Waals surface area contributed by atoms with E-state index >= 15 is 0 Å². The van der Waals surface area contributed by atoms with E-state index in [9.17, 15) is 14.0 Å². The van der Waals surface area contributed by atoms with Crippen molar-refractivity contribution in [2.45, 2.75) is 6.10 Å². The molecule has 0 radical (unpaired) electrons. The third kappa shape index (κ3) is 3.44. The molecule has 1 aliphatic rings. The number of hydrogen-bond acceptors (Lipinski definition) is 5. The number of benzene rings is 1. The molecular formula is C16H15FN4O4. The molecule has 1 saturated heterocycles. The third-order valence-electron chi connectivity index (χ3n) is 3.75. The van der Waals surface area contributed by atoms with Crippen molar-refractivity contribution in [2.75, 3.05) is 18.0 Å². The Morgan fingerprint density at radius 3 is 3.00 bits per heavy atom. The lowest BCUT2D eigenvalue weighted by Gasteiger charge is -2.14. The number of nitrogens with one attached hydrogen (secondary N) is 1. The number of halogens is 1. The lowest BCUT2D eigenvalue weighted by atomic mass is 10.2. The van der Waals surface area contributed by atoms with Crippen LogP contribution in [0.15, 0.2) is 41.8 Å². The first kappa shape index (κ1) is 16.5. The van der Waals surface area contributed by atoms with Gasteiger partial charge in [-0.3, -0.25) is 9.69 Å². The molecule has 9 heteroatoms. The zero-order valence-corrected chi connectivity index (χ0v) is 13.0. The van der Waals surface area contributed by atoms with Gasteiger partial charge in [-0.15, -0.1) is 0 Å². The summed E-state index contributed by atoms with van der Waals surface area (Å²) in [5, 5.41) is 13.9. The Kier molecular flexibility index (Phi) is 4.64. The van der Waals surface area contributed by atoms with Crippen molar-refractivity contribution in [3.05, 3.63) is 48.0 Å². The summed E-state index contributed by atoms with van der Waals surface area (Å²) in [4.78, 5) is 23.5. The molecular weight excluding hydrogens is 331 g/mol. The van der Waals surface area contributed by atoms with Crippen LogP contribution in [0.25, 0.3) is 5.69 Å². The second kappa shape index (κ2) is 7.04. The average molecular weight is 346 g/mol. The number of carbonyl (C=O) groups excluding carboxylic acids is 2. The molecule has 1 aromatic carbocycles. The van der Waals surface area contributed by atoms with Crippen molar-refractivity contribution in [3.63, 3.8) is 0 Å². The zero-order chi connectivity index (χ0) is 17.8. The fraction of sp³-hybridized carbons (Fsp3) is 0.188. The molecule has 3 rings (SSSR count). The van der Waals surface area contributed by atoms with Gasteiger partial charge in [-0.05, 0) is 24.3 Å². The van der Waals surface area contributed by atoms with Gasteiger partial charge in [0.05, 0.1) is 30.7 Å². The van der Waals surface area contributed by atoms with Crippen LogP contribution in [0.5, 0.6) is 0 Å². The largest absolute Gasteiger partial charge is 0.442 e. The number of amides is 2. The number of carbonyl (C=O) groups is 2. The lowest BCUT2D eigenvalue weighted by molar-refractivity contribution is -0.109. The van der Waals surface area contributed by atoms with Gasteiger partial charge >= 0.3 is 6.09 Å². The molecule has 8 nitrogen and oxygen atoms in total. The first-order valence-corrected chi connectivity index (χ1v) is 7.43. The highest BCUT2D eigenvalue weighted by Crippen LogP contribution is 2.25. The van der Waals surface area contributed by atoms with Crippen LogP contribution in [0.2, 0.25) is 0 Å². The summed E-state index contributed by atoms with van der Waals surface area (Å²) < 4.78 is 21.1. The number of hydrogen-bond donors (Lipinski definition) is 2. The highest BCUT2D eigenvalue weighted by Gasteiger charge is 2.32. The van der Waals surface area contributed by atoms with E-state index in [4.69, 9.17) is 9.94 Å². The normalized spacial score (nSPS) is 17.1. The fourth-order valence-electron chi connectivity index (χ4n) is 2.60. The summed E-state index contributed by atoms with van der Waals surface area (Å²) in [7, 11) is 0. The molecule has 0 spiro atoms. The van der Waals surface area contributed by atoms with Crippen LogP contribution in [0.3, 0.4) is 0 Å². The molecule has 0 aliphatic carbocycles.